The van der Waals surface area contributed by atoms with Gasteiger partial charge in [-0.05, 0) is 35.7 Å². The molecule has 2 aromatic carbocycles. The molecule has 0 heterocycles. The second-order valence-electron chi connectivity index (χ2n) is 6.97. The van der Waals surface area contributed by atoms with E-state index in [2.05, 4.69) is 0 Å². The molecule has 0 amide bonds. The lowest BCUT2D eigenvalue weighted by atomic mass is 9.83. The third-order valence-electron chi connectivity index (χ3n) is 5.06. The van der Waals surface area contributed by atoms with Crippen molar-refractivity contribution < 1.29 is 24.8 Å². The summed E-state index contributed by atoms with van der Waals surface area (Å²) in [5, 5.41) is 30.0. The smallest absolute Gasteiger partial charge is 0.137 e. The van der Waals surface area contributed by atoms with E-state index >= 15 is 0 Å². The van der Waals surface area contributed by atoms with Crippen LogP contribution < -0.4 is 9.47 Å². The second-order valence-corrected chi connectivity index (χ2v) is 7.37. The van der Waals surface area contributed by atoms with E-state index in [9.17, 15) is 15.3 Å². The monoisotopic (exact) mass is 392 g/mol. The maximum absolute atomic E-state index is 10.0. The number of hydrogen-bond acceptors (Lipinski definition) is 5. The third-order valence-corrected chi connectivity index (χ3v) is 5.35. The molecule has 0 aliphatic heterocycles. The number of para-hydroxylation sites is 1. The lowest BCUT2D eigenvalue weighted by Gasteiger charge is -2.36. The van der Waals surface area contributed by atoms with Crippen molar-refractivity contribution in [3.05, 3.63) is 58.6 Å². The largest absolute Gasteiger partial charge is 0.495 e. The Labute approximate surface area is 164 Å². The molecule has 1 saturated carbocycles. The molecule has 1 aliphatic carbocycles. The molecule has 4 atom stereocenters. The van der Waals surface area contributed by atoms with Crippen LogP contribution >= 0.6 is 11.6 Å². The van der Waals surface area contributed by atoms with Gasteiger partial charge in [0.2, 0.25) is 0 Å². The Morgan fingerprint density at radius 1 is 1.07 bits per heavy atom. The first-order valence-electron chi connectivity index (χ1n) is 9.05. The van der Waals surface area contributed by atoms with Gasteiger partial charge < -0.3 is 24.8 Å². The highest BCUT2D eigenvalue weighted by atomic mass is 35.5. The Kier molecular flexibility index (Phi) is 6.60. The molecule has 0 saturated heterocycles. The minimum absolute atomic E-state index is 0.177. The summed E-state index contributed by atoms with van der Waals surface area (Å²) in [7, 11) is 1.58. The summed E-state index contributed by atoms with van der Waals surface area (Å²) in [5.74, 6) is 0.982. The SMILES string of the molecule is COc1ccc(Cc2ccccc2O[C@@H]2CC(CO)[C@@H](O)[C@H](O)C2)cc1Cl. The molecule has 0 bridgehead atoms. The van der Waals surface area contributed by atoms with E-state index in [1.807, 2.05) is 42.5 Å². The molecular weight excluding hydrogens is 368 g/mol. The summed E-state index contributed by atoms with van der Waals surface area (Å²) >= 11 is 6.22. The fourth-order valence-electron chi connectivity index (χ4n) is 3.56. The number of hydrogen-bond donors (Lipinski definition) is 3. The van der Waals surface area contributed by atoms with Gasteiger partial charge in [0.25, 0.3) is 0 Å². The summed E-state index contributed by atoms with van der Waals surface area (Å²) in [6.07, 6.45) is -0.597. The molecule has 0 radical (unpaired) electrons. The van der Waals surface area contributed by atoms with Crippen molar-refractivity contribution in [1.29, 1.82) is 0 Å². The molecule has 1 aliphatic rings. The maximum Gasteiger partial charge on any atom is 0.137 e. The average Bonchev–Trinajstić information content (AvgIpc) is 2.66. The van der Waals surface area contributed by atoms with Gasteiger partial charge in [0.1, 0.15) is 17.6 Å². The number of ether oxygens (including phenoxy) is 2. The van der Waals surface area contributed by atoms with Crippen molar-refractivity contribution in [3.63, 3.8) is 0 Å². The molecular formula is C21H25ClO5. The Balaban J connectivity index is 1.75. The third kappa shape index (κ3) is 4.74. The highest BCUT2D eigenvalue weighted by Crippen LogP contribution is 2.32. The molecule has 3 N–H and O–H groups in total. The van der Waals surface area contributed by atoms with Crippen LogP contribution in [0.1, 0.15) is 24.0 Å². The van der Waals surface area contributed by atoms with E-state index in [0.717, 1.165) is 16.9 Å². The Bertz CT molecular complexity index is 766. The first-order chi connectivity index (χ1) is 13.0. The van der Waals surface area contributed by atoms with Crippen LogP contribution in [0.3, 0.4) is 0 Å². The average molecular weight is 393 g/mol. The molecule has 2 aromatic rings. The van der Waals surface area contributed by atoms with Gasteiger partial charge in [0, 0.05) is 25.4 Å². The topological polar surface area (TPSA) is 79.2 Å². The number of aliphatic hydroxyl groups excluding tert-OH is 3. The zero-order valence-corrected chi connectivity index (χ0v) is 16.0. The van der Waals surface area contributed by atoms with E-state index in [1.54, 1.807) is 7.11 Å². The van der Waals surface area contributed by atoms with Crippen LogP contribution in [-0.2, 0) is 6.42 Å². The van der Waals surface area contributed by atoms with Crippen molar-refractivity contribution in [2.24, 2.45) is 5.92 Å². The van der Waals surface area contributed by atoms with Crippen LogP contribution in [0.2, 0.25) is 5.02 Å². The van der Waals surface area contributed by atoms with Crippen molar-refractivity contribution >= 4 is 11.6 Å². The van der Waals surface area contributed by atoms with Gasteiger partial charge >= 0.3 is 0 Å². The van der Waals surface area contributed by atoms with Gasteiger partial charge in [0.05, 0.1) is 24.3 Å². The van der Waals surface area contributed by atoms with E-state index in [0.29, 0.717) is 30.0 Å². The van der Waals surface area contributed by atoms with E-state index < -0.39 is 12.2 Å². The summed E-state index contributed by atoms with van der Waals surface area (Å²) in [5.41, 5.74) is 2.03. The zero-order valence-electron chi connectivity index (χ0n) is 15.2. The predicted molar refractivity (Wildman–Crippen MR) is 103 cm³/mol. The van der Waals surface area contributed by atoms with E-state index in [1.165, 1.54) is 0 Å². The highest BCUT2D eigenvalue weighted by molar-refractivity contribution is 6.32. The lowest BCUT2D eigenvalue weighted by Crippen LogP contribution is -2.46. The van der Waals surface area contributed by atoms with Crippen LogP contribution in [0.15, 0.2) is 42.5 Å². The number of benzene rings is 2. The van der Waals surface area contributed by atoms with Gasteiger partial charge in [-0.1, -0.05) is 35.9 Å². The fraction of sp³-hybridized carbons (Fsp3) is 0.429. The van der Waals surface area contributed by atoms with Crippen LogP contribution in [0.25, 0.3) is 0 Å². The molecule has 5 nitrogen and oxygen atoms in total. The summed E-state index contributed by atoms with van der Waals surface area (Å²) in [6, 6.07) is 13.4. The number of methoxy groups -OCH3 is 1. The summed E-state index contributed by atoms with van der Waals surface area (Å²) in [6.45, 7) is -0.177. The van der Waals surface area contributed by atoms with Crippen molar-refractivity contribution in [3.8, 4) is 11.5 Å². The quantitative estimate of drug-likeness (QED) is 0.704. The molecule has 6 heteroatoms. The normalized spacial score (nSPS) is 25.2. The number of rotatable bonds is 6. The first-order valence-corrected chi connectivity index (χ1v) is 9.43. The summed E-state index contributed by atoms with van der Waals surface area (Å²) in [4.78, 5) is 0. The van der Waals surface area contributed by atoms with Crippen LogP contribution in [0.4, 0.5) is 0 Å². The van der Waals surface area contributed by atoms with Gasteiger partial charge in [-0.25, -0.2) is 0 Å². The molecule has 3 rings (SSSR count). The van der Waals surface area contributed by atoms with Crippen LogP contribution in [0, 0.1) is 5.92 Å². The standard InChI is InChI=1S/C21H25ClO5/c1-26-20-7-6-13(9-17(20)22)8-14-4-2-3-5-19(14)27-16-10-15(12-23)21(25)18(24)11-16/h2-7,9,15-16,18,21,23-25H,8,10-12H2,1H3/t15?,16-,18-,21-/m1/s1. The highest BCUT2D eigenvalue weighted by Gasteiger charge is 2.36. The molecule has 0 spiro atoms. The van der Waals surface area contributed by atoms with Crippen molar-refractivity contribution in [1.82, 2.24) is 0 Å². The Morgan fingerprint density at radius 2 is 1.85 bits per heavy atom. The zero-order chi connectivity index (χ0) is 19.4. The van der Waals surface area contributed by atoms with Gasteiger partial charge in [0.15, 0.2) is 0 Å². The van der Waals surface area contributed by atoms with Crippen molar-refractivity contribution in [2.45, 2.75) is 37.6 Å². The van der Waals surface area contributed by atoms with E-state index in [-0.39, 0.29) is 18.6 Å². The number of halogens is 1. The maximum atomic E-state index is 10.0. The second kappa shape index (κ2) is 8.93. The van der Waals surface area contributed by atoms with Gasteiger partial charge in [-0.2, -0.15) is 0 Å². The minimum atomic E-state index is -0.911. The Morgan fingerprint density at radius 3 is 2.56 bits per heavy atom. The van der Waals surface area contributed by atoms with Crippen LogP contribution in [-0.4, -0.2) is 47.3 Å². The first kappa shape index (κ1) is 20.0. The molecule has 27 heavy (non-hydrogen) atoms. The molecule has 146 valence electrons. The minimum Gasteiger partial charge on any atom is -0.495 e. The lowest BCUT2D eigenvalue weighted by molar-refractivity contribution is -0.0892. The Hall–Kier alpha value is -1.79. The van der Waals surface area contributed by atoms with Crippen molar-refractivity contribution in [2.75, 3.05) is 13.7 Å². The molecule has 0 aromatic heterocycles. The van der Waals surface area contributed by atoms with Gasteiger partial charge in [-0.3, -0.25) is 0 Å². The number of aliphatic hydroxyl groups is 3. The van der Waals surface area contributed by atoms with Gasteiger partial charge in [-0.15, -0.1) is 0 Å². The van der Waals surface area contributed by atoms with E-state index in [4.69, 9.17) is 21.1 Å². The molecule has 1 fully saturated rings. The summed E-state index contributed by atoms with van der Waals surface area (Å²) < 4.78 is 11.3. The molecule has 1 unspecified atom stereocenters. The predicted octanol–water partition coefficient (Wildman–Crippen LogP) is 2.81. The van der Waals surface area contributed by atoms with Crippen LogP contribution in [0.5, 0.6) is 11.5 Å². The fourth-order valence-corrected chi connectivity index (χ4v) is 3.84.